The monoisotopic (exact) mass is 514 g/mol. The number of guanidine groups is 1. The number of nitrogens with one attached hydrogen (secondary N) is 1. The number of nitrogens with zero attached hydrogens (tertiary/aromatic N) is 2. The quantitative estimate of drug-likeness (QED) is 0.216. The van der Waals surface area contributed by atoms with Crippen LogP contribution in [0.15, 0.2) is 23.2 Å². The average Bonchev–Trinajstić information content (AvgIpc) is 2.66. The lowest BCUT2D eigenvalue weighted by Crippen LogP contribution is -2.39. The number of para-hydroxylation sites is 1. The van der Waals surface area contributed by atoms with E-state index in [2.05, 4.69) is 19.9 Å². The second-order valence-corrected chi connectivity index (χ2v) is 5.99. The Hall–Kier alpha value is -1.40. The van der Waals surface area contributed by atoms with Crippen LogP contribution in [0.4, 0.5) is 8.78 Å². The van der Waals surface area contributed by atoms with Crippen LogP contribution < -0.4 is 20.5 Å². The van der Waals surface area contributed by atoms with Crippen molar-refractivity contribution in [2.24, 2.45) is 10.7 Å². The number of aliphatic imine (C=N–C) groups is 1. The summed E-state index contributed by atoms with van der Waals surface area (Å²) < 4.78 is 40.7. The molecule has 1 aliphatic heterocycles. The first-order chi connectivity index (χ1) is 13.1. The molecule has 0 bridgehead atoms. The van der Waals surface area contributed by atoms with Crippen molar-refractivity contribution in [3.63, 3.8) is 0 Å². The molecule has 10 heteroatoms. The second-order valence-electron chi connectivity index (χ2n) is 5.99. The molecule has 1 aromatic carbocycles. The summed E-state index contributed by atoms with van der Waals surface area (Å²) in [5.41, 5.74) is 6.36. The number of alkyl halides is 2. The summed E-state index contributed by atoms with van der Waals surface area (Å²) in [6, 6.07) is 4.96. The molecule has 1 fully saturated rings. The van der Waals surface area contributed by atoms with E-state index in [1.165, 1.54) is 0 Å². The Balaban J connectivity index is 0.00000392. The lowest BCUT2D eigenvalue weighted by molar-refractivity contribution is -0.0520. The number of benzene rings is 1. The molecule has 1 saturated heterocycles. The van der Waals surface area contributed by atoms with E-state index in [-0.39, 0.29) is 48.0 Å². The van der Waals surface area contributed by atoms with Gasteiger partial charge in [0, 0.05) is 25.2 Å². The third-order valence-corrected chi connectivity index (χ3v) is 4.05. The van der Waals surface area contributed by atoms with Gasteiger partial charge >= 0.3 is 6.61 Å². The van der Waals surface area contributed by atoms with E-state index in [4.69, 9.17) is 15.2 Å². The normalized spacial score (nSPS) is 15.2. The van der Waals surface area contributed by atoms with Crippen LogP contribution in [0, 0.1) is 0 Å². The summed E-state index contributed by atoms with van der Waals surface area (Å²) in [5, 5.41) is 3.04. The number of hydrogen-bond donors (Lipinski definition) is 2. The predicted molar refractivity (Wildman–Crippen MR) is 115 cm³/mol. The van der Waals surface area contributed by atoms with Crippen molar-refractivity contribution in [1.29, 1.82) is 0 Å². The largest absolute Gasteiger partial charge is 0.490 e. The molecule has 3 N–H and O–H groups in total. The average molecular weight is 514 g/mol. The van der Waals surface area contributed by atoms with E-state index in [0.29, 0.717) is 18.7 Å². The van der Waals surface area contributed by atoms with E-state index in [1.54, 1.807) is 25.1 Å². The number of hydrogen-bond acceptors (Lipinski definition) is 5. The van der Waals surface area contributed by atoms with E-state index in [1.807, 2.05) is 0 Å². The first-order valence-corrected chi connectivity index (χ1v) is 9.13. The van der Waals surface area contributed by atoms with Crippen LogP contribution in [0.5, 0.6) is 11.5 Å². The number of nitrogens with two attached hydrogens (primary N) is 1. The van der Waals surface area contributed by atoms with Crippen molar-refractivity contribution < 1.29 is 23.0 Å². The molecule has 0 aromatic heterocycles. The molecule has 0 radical (unpaired) electrons. The van der Waals surface area contributed by atoms with Crippen LogP contribution in [0.3, 0.4) is 0 Å². The van der Waals surface area contributed by atoms with Gasteiger partial charge < -0.3 is 25.3 Å². The van der Waals surface area contributed by atoms with Crippen LogP contribution >= 0.6 is 24.0 Å². The summed E-state index contributed by atoms with van der Waals surface area (Å²) >= 11 is 0. The third kappa shape index (κ3) is 8.74. The highest BCUT2D eigenvalue weighted by Crippen LogP contribution is 2.33. The maximum absolute atomic E-state index is 12.7. The molecule has 160 valence electrons. The highest BCUT2D eigenvalue weighted by atomic mass is 127. The molecular weight excluding hydrogens is 485 g/mol. The standard InChI is InChI=1S/C18H28F2N4O3.HI/c1-2-26-15-6-3-5-14(16(15)27-17(19)20)13-23-18(21)22-7-4-8-24-9-11-25-12-10-24;/h3,5-6,17H,2,4,7-13H2,1H3,(H3,21,22,23);1H. The fourth-order valence-corrected chi connectivity index (χ4v) is 2.75. The van der Waals surface area contributed by atoms with Gasteiger partial charge in [-0.1, -0.05) is 12.1 Å². The van der Waals surface area contributed by atoms with Gasteiger partial charge in [-0.2, -0.15) is 8.78 Å². The summed E-state index contributed by atoms with van der Waals surface area (Å²) in [5.74, 6) is 0.530. The highest BCUT2D eigenvalue weighted by molar-refractivity contribution is 14.0. The summed E-state index contributed by atoms with van der Waals surface area (Å²) in [4.78, 5) is 6.56. The maximum atomic E-state index is 12.7. The Kier molecular flexibility index (Phi) is 12.1. The van der Waals surface area contributed by atoms with Gasteiger partial charge in [-0.25, -0.2) is 4.99 Å². The minimum Gasteiger partial charge on any atom is -0.490 e. The number of halogens is 3. The molecular formula is C18H29F2IN4O3. The zero-order valence-corrected chi connectivity index (χ0v) is 18.4. The Morgan fingerprint density at radius 3 is 2.79 bits per heavy atom. The zero-order valence-electron chi connectivity index (χ0n) is 16.0. The molecule has 1 aromatic rings. The number of morpholine rings is 1. The Labute approximate surface area is 181 Å². The van der Waals surface area contributed by atoms with Gasteiger partial charge in [0.25, 0.3) is 0 Å². The Bertz CT molecular complexity index is 602. The zero-order chi connectivity index (χ0) is 19.5. The molecule has 28 heavy (non-hydrogen) atoms. The van der Waals surface area contributed by atoms with Gasteiger partial charge in [-0.05, 0) is 26.0 Å². The molecule has 0 unspecified atom stereocenters. The SMILES string of the molecule is CCOc1cccc(CN=C(N)NCCCN2CCOCC2)c1OC(F)F.I. The highest BCUT2D eigenvalue weighted by Gasteiger charge is 2.15. The van der Waals surface area contributed by atoms with Gasteiger partial charge in [-0.15, -0.1) is 24.0 Å². The van der Waals surface area contributed by atoms with Gasteiger partial charge in [0.15, 0.2) is 17.5 Å². The van der Waals surface area contributed by atoms with Crippen molar-refractivity contribution in [2.45, 2.75) is 26.5 Å². The van der Waals surface area contributed by atoms with Crippen molar-refractivity contribution in [2.75, 3.05) is 46.0 Å². The fraction of sp³-hybridized carbons (Fsp3) is 0.611. The number of rotatable bonds is 10. The molecule has 0 saturated carbocycles. The van der Waals surface area contributed by atoms with Crippen molar-refractivity contribution >= 4 is 29.9 Å². The second kappa shape index (κ2) is 13.7. The molecule has 0 atom stereocenters. The van der Waals surface area contributed by atoms with Crippen LogP contribution in [-0.4, -0.2) is 63.5 Å². The first-order valence-electron chi connectivity index (χ1n) is 9.13. The van der Waals surface area contributed by atoms with Crippen LogP contribution in [0.25, 0.3) is 0 Å². The Morgan fingerprint density at radius 2 is 2.11 bits per heavy atom. The van der Waals surface area contributed by atoms with Crippen LogP contribution in [0.1, 0.15) is 18.9 Å². The van der Waals surface area contributed by atoms with E-state index < -0.39 is 6.61 Å². The van der Waals surface area contributed by atoms with Crippen LogP contribution in [0.2, 0.25) is 0 Å². The molecule has 1 heterocycles. The summed E-state index contributed by atoms with van der Waals surface area (Å²) in [7, 11) is 0. The fourth-order valence-electron chi connectivity index (χ4n) is 2.75. The minimum atomic E-state index is -2.94. The minimum absolute atomic E-state index is 0. The van der Waals surface area contributed by atoms with Gasteiger partial charge in [0.1, 0.15) is 0 Å². The van der Waals surface area contributed by atoms with Crippen molar-refractivity contribution in [1.82, 2.24) is 10.2 Å². The summed E-state index contributed by atoms with van der Waals surface area (Å²) in [6.45, 7) is 4.41. The molecule has 0 amide bonds. The predicted octanol–water partition coefficient (Wildman–Crippen LogP) is 2.43. The summed E-state index contributed by atoms with van der Waals surface area (Å²) in [6.07, 6.45) is 0.926. The van der Waals surface area contributed by atoms with E-state index in [0.717, 1.165) is 39.3 Å². The van der Waals surface area contributed by atoms with Gasteiger partial charge in [0.05, 0.1) is 26.4 Å². The van der Waals surface area contributed by atoms with Gasteiger partial charge in [-0.3, -0.25) is 4.90 Å². The lowest BCUT2D eigenvalue weighted by Gasteiger charge is -2.26. The smallest absolute Gasteiger partial charge is 0.387 e. The van der Waals surface area contributed by atoms with Crippen molar-refractivity contribution in [3.05, 3.63) is 23.8 Å². The Morgan fingerprint density at radius 1 is 1.36 bits per heavy atom. The van der Waals surface area contributed by atoms with Gasteiger partial charge in [0.2, 0.25) is 0 Å². The molecule has 2 rings (SSSR count). The van der Waals surface area contributed by atoms with E-state index >= 15 is 0 Å². The molecule has 7 nitrogen and oxygen atoms in total. The molecule has 1 aliphatic rings. The topological polar surface area (TPSA) is 81.3 Å². The van der Waals surface area contributed by atoms with Crippen LogP contribution in [-0.2, 0) is 11.3 Å². The van der Waals surface area contributed by atoms with Crippen molar-refractivity contribution in [3.8, 4) is 11.5 Å². The molecule has 0 spiro atoms. The number of ether oxygens (including phenoxy) is 3. The maximum Gasteiger partial charge on any atom is 0.387 e. The van der Waals surface area contributed by atoms with E-state index in [9.17, 15) is 8.78 Å². The lowest BCUT2D eigenvalue weighted by atomic mass is 10.2. The first kappa shape index (κ1) is 24.6. The molecule has 0 aliphatic carbocycles. The third-order valence-electron chi connectivity index (χ3n) is 4.05.